The van der Waals surface area contributed by atoms with Crippen LogP contribution in [0.3, 0.4) is 0 Å². The summed E-state index contributed by atoms with van der Waals surface area (Å²) in [5, 5.41) is 2.77. The zero-order valence-electron chi connectivity index (χ0n) is 11.5. The van der Waals surface area contributed by atoms with Crippen molar-refractivity contribution in [3.05, 3.63) is 24.3 Å². The van der Waals surface area contributed by atoms with E-state index in [0.29, 0.717) is 24.6 Å². The van der Waals surface area contributed by atoms with Gasteiger partial charge in [0.1, 0.15) is 5.75 Å². The monoisotopic (exact) mass is 266 g/mol. The van der Waals surface area contributed by atoms with Crippen molar-refractivity contribution < 1.29 is 14.3 Å². The number of anilines is 1. The van der Waals surface area contributed by atoms with Gasteiger partial charge in [0.05, 0.1) is 6.10 Å². The average Bonchev–Trinajstić information content (AvgIpc) is 2.37. The molecule has 0 saturated carbocycles. The van der Waals surface area contributed by atoms with Gasteiger partial charge in [0.25, 0.3) is 5.91 Å². The van der Waals surface area contributed by atoms with E-state index in [2.05, 4.69) is 5.32 Å². The molecule has 0 aliphatic rings. The van der Waals surface area contributed by atoms with Crippen LogP contribution in [0.15, 0.2) is 24.3 Å². The molecule has 0 spiro atoms. The van der Waals surface area contributed by atoms with Crippen molar-refractivity contribution >= 4 is 11.6 Å². The summed E-state index contributed by atoms with van der Waals surface area (Å²) in [4.78, 5) is 11.5. The van der Waals surface area contributed by atoms with Gasteiger partial charge in [-0.2, -0.15) is 0 Å². The van der Waals surface area contributed by atoms with Gasteiger partial charge >= 0.3 is 0 Å². The Hall–Kier alpha value is -1.75. The minimum atomic E-state index is -0.138. The van der Waals surface area contributed by atoms with Crippen molar-refractivity contribution in [2.45, 2.75) is 26.4 Å². The van der Waals surface area contributed by atoms with E-state index >= 15 is 0 Å². The number of amides is 1. The summed E-state index contributed by atoms with van der Waals surface area (Å²) in [7, 11) is 0. The summed E-state index contributed by atoms with van der Waals surface area (Å²) in [5.74, 6) is 0.494. The molecule has 0 bridgehead atoms. The number of hydrogen-bond acceptors (Lipinski definition) is 4. The van der Waals surface area contributed by atoms with Crippen LogP contribution in [-0.2, 0) is 9.53 Å². The Morgan fingerprint density at radius 3 is 2.63 bits per heavy atom. The first kappa shape index (κ1) is 15.3. The van der Waals surface area contributed by atoms with E-state index in [9.17, 15) is 4.79 Å². The lowest BCUT2D eigenvalue weighted by Gasteiger charge is -2.09. The van der Waals surface area contributed by atoms with Gasteiger partial charge in [-0.05, 0) is 44.5 Å². The van der Waals surface area contributed by atoms with Crippen molar-refractivity contribution in [2.75, 3.05) is 25.5 Å². The maximum absolute atomic E-state index is 11.5. The lowest BCUT2D eigenvalue weighted by Crippen LogP contribution is -2.30. The molecule has 3 N–H and O–H groups in total. The fourth-order valence-electron chi connectivity index (χ4n) is 1.38. The summed E-state index contributed by atoms with van der Waals surface area (Å²) in [6.45, 7) is 5.22. The summed E-state index contributed by atoms with van der Waals surface area (Å²) in [6, 6.07) is 6.94. The van der Waals surface area contributed by atoms with E-state index in [1.165, 1.54) is 0 Å². The highest BCUT2D eigenvalue weighted by atomic mass is 16.5. The molecule has 0 radical (unpaired) electrons. The molecule has 0 heterocycles. The van der Waals surface area contributed by atoms with E-state index in [1.807, 2.05) is 13.8 Å². The average molecular weight is 266 g/mol. The first-order valence-electron chi connectivity index (χ1n) is 6.44. The highest BCUT2D eigenvalue weighted by Crippen LogP contribution is 2.12. The van der Waals surface area contributed by atoms with Crippen LogP contribution in [0, 0.1) is 0 Å². The number of nitrogen functional groups attached to an aromatic ring is 1. The van der Waals surface area contributed by atoms with E-state index in [0.717, 1.165) is 6.42 Å². The number of carbonyl (C=O) groups excluding carboxylic acids is 1. The van der Waals surface area contributed by atoms with Crippen LogP contribution in [0.5, 0.6) is 5.75 Å². The molecule has 1 amide bonds. The molecule has 106 valence electrons. The Bertz CT molecular complexity index is 377. The number of ether oxygens (including phenoxy) is 2. The van der Waals surface area contributed by atoms with Gasteiger partial charge in [-0.15, -0.1) is 0 Å². The molecule has 0 aromatic heterocycles. The molecule has 5 nitrogen and oxygen atoms in total. The van der Waals surface area contributed by atoms with E-state index < -0.39 is 0 Å². The Kier molecular flexibility index (Phi) is 6.74. The van der Waals surface area contributed by atoms with E-state index in [-0.39, 0.29) is 18.6 Å². The van der Waals surface area contributed by atoms with Crippen molar-refractivity contribution in [3.8, 4) is 5.75 Å². The molecule has 0 unspecified atom stereocenters. The third-order valence-corrected chi connectivity index (χ3v) is 2.34. The second kappa shape index (κ2) is 8.37. The first-order chi connectivity index (χ1) is 9.08. The fourth-order valence-corrected chi connectivity index (χ4v) is 1.38. The molecule has 0 atom stereocenters. The number of rotatable bonds is 8. The van der Waals surface area contributed by atoms with Gasteiger partial charge < -0.3 is 20.5 Å². The van der Waals surface area contributed by atoms with Gasteiger partial charge in [-0.25, -0.2) is 0 Å². The number of nitrogens with one attached hydrogen (secondary N) is 1. The quantitative estimate of drug-likeness (QED) is 0.553. The Balaban J connectivity index is 2.09. The SMILES string of the molecule is CC(C)OCCCNC(=O)COc1ccc(N)cc1. The van der Waals surface area contributed by atoms with Crippen molar-refractivity contribution in [3.63, 3.8) is 0 Å². The van der Waals surface area contributed by atoms with Crippen LogP contribution in [-0.4, -0.2) is 31.8 Å². The third kappa shape index (κ3) is 7.31. The zero-order chi connectivity index (χ0) is 14.1. The Labute approximate surface area is 114 Å². The summed E-state index contributed by atoms with van der Waals surface area (Å²) in [6.07, 6.45) is 1.02. The molecule has 0 aliphatic carbocycles. The minimum absolute atomic E-state index is 0.00888. The predicted octanol–water partition coefficient (Wildman–Crippen LogP) is 1.58. The fraction of sp³-hybridized carbons (Fsp3) is 0.500. The minimum Gasteiger partial charge on any atom is -0.484 e. The highest BCUT2D eigenvalue weighted by Gasteiger charge is 2.02. The van der Waals surface area contributed by atoms with Gasteiger partial charge in [0.2, 0.25) is 0 Å². The summed E-state index contributed by atoms with van der Waals surface area (Å²) < 4.78 is 10.7. The molecule has 1 aromatic rings. The van der Waals surface area contributed by atoms with Crippen LogP contribution in [0.1, 0.15) is 20.3 Å². The van der Waals surface area contributed by atoms with Crippen molar-refractivity contribution in [1.82, 2.24) is 5.32 Å². The molecule has 19 heavy (non-hydrogen) atoms. The third-order valence-electron chi connectivity index (χ3n) is 2.34. The second-order valence-corrected chi connectivity index (χ2v) is 4.48. The molecular weight excluding hydrogens is 244 g/mol. The van der Waals surface area contributed by atoms with E-state index in [4.69, 9.17) is 15.2 Å². The smallest absolute Gasteiger partial charge is 0.257 e. The normalized spacial score (nSPS) is 10.5. The van der Waals surface area contributed by atoms with Crippen LogP contribution in [0.2, 0.25) is 0 Å². The molecule has 0 fully saturated rings. The molecule has 0 saturated heterocycles. The van der Waals surface area contributed by atoms with Crippen LogP contribution in [0.4, 0.5) is 5.69 Å². The van der Waals surface area contributed by atoms with Crippen molar-refractivity contribution in [2.24, 2.45) is 0 Å². The summed E-state index contributed by atoms with van der Waals surface area (Å²) in [5.41, 5.74) is 6.22. The van der Waals surface area contributed by atoms with Crippen LogP contribution in [0.25, 0.3) is 0 Å². The van der Waals surface area contributed by atoms with E-state index in [1.54, 1.807) is 24.3 Å². The first-order valence-corrected chi connectivity index (χ1v) is 6.44. The van der Waals surface area contributed by atoms with Crippen LogP contribution < -0.4 is 15.8 Å². The molecule has 1 aromatic carbocycles. The van der Waals surface area contributed by atoms with Gasteiger partial charge in [0.15, 0.2) is 6.61 Å². The number of carbonyl (C=O) groups is 1. The zero-order valence-corrected chi connectivity index (χ0v) is 11.5. The highest BCUT2D eigenvalue weighted by molar-refractivity contribution is 5.77. The number of hydrogen-bond donors (Lipinski definition) is 2. The molecular formula is C14H22N2O3. The predicted molar refractivity (Wildman–Crippen MR) is 75.1 cm³/mol. The van der Waals surface area contributed by atoms with Crippen molar-refractivity contribution in [1.29, 1.82) is 0 Å². The number of benzene rings is 1. The van der Waals surface area contributed by atoms with Gasteiger partial charge in [-0.3, -0.25) is 4.79 Å². The maximum atomic E-state index is 11.5. The molecule has 0 aliphatic heterocycles. The summed E-state index contributed by atoms with van der Waals surface area (Å²) >= 11 is 0. The number of nitrogens with two attached hydrogens (primary N) is 1. The van der Waals surface area contributed by atoms with Gasteiger partial charge in [0, 0.05) is 18.8 Å². The standard InChI is InChI=1S/C14H22N2O3/c1-11(2)18-9-3-8-16-14(17)10-19-13-6-4-12(15)5-7-13/h4-7,11H,3,8-10,15H2,1-2H3,(H,16,17). The second-order valence-electron chi connectivity index (χ2n) is 4.48. The Morgan fingerprint density at radius 1 is 1.32 bits per heavy atom. The lowest BCUT2D eigenvalue weighted by molar-refractivity contribution is -0.123. The molecule has 5 heteroatoms. The lowest BCUT2D eigenvalue weighted by atomic mass is 10.3. The maximum Gasteiger partial charge on any atom is 0.257 e. The van der Waals surface area contributed by atoms with Crippen LogP contribution >= 0.6 is 0 Å². The molecule has 1 rings (SSSR count). The topological polar surface area (TPSA) is 73.6 Å². The largest absolute Gasteiger partial charge is 0.484 e. The van der Waals surface area contributed by atoms with Gasteiger partial charge in [-0.1, -0.05) is 0 Å². The Morgan fingerprint density at radius 2 is 2.00 bits per heavy atom.